The smallest absolute Gasteiger partial charge is 0.312 e. The topological polar surface area (TPSA) is 96.7 Å². The molecule has 0 bridgehead atoms. The molecule has 2 amide bonds. The second-order valence-corrected chi connectivity index (χ2v) is 3.06. The molecule has 0 fully saturated rings. The first kappa shape index (κ1) is 13.7. The van der Waals surface area contributed by atoms with Gasteiger partial charge in [-0.1, -0.05) is 19.8 Å². The van der Waals surface area contributed by atoms with Crippen molar-refractivity contribution < 1.29 is 4.79 Å². The molecule has 15 heavy (non-hydrogen) atoms. The van der Waals surface area contributed by atoms with E-state index >= 15 is 0 Å². The molecule has 0 aliphatic heterocycles. The third-order valence-electron chi connectivity index (χ3n) is 1.91. The fourth-order valence-electron chi connectivity index (χ4n) is 1.23. The molecule has 86 valence electrons. The molecule has 0 aromatic carbocycles. The molecule has 0 saturated heterocycles. The molecule has 1 rings (SSSR count). The van der Waals surface area contributed by atoms with Gasteiger partial charge in [0.2, 0.25) is 0 Å². The Labute approximate surface area is 94.4 Å². The number of rotatable bonds is 5. The SMILES string of the molecule is CCCCC(NC(N)=O)c1nc[nH]n1.Cl. The standard InChI is InChI=1S/C8H15N5O.ClH/c1-2-3-4-6(12-8(9)14)7-10-5-11-13-7;/h5-6H,2-4H2,1H3,(H3,9,12,14)(H,10,11,13);1H. The zero-order valence-corrected chi connectivity index (χ0v) is 9.38. The van der Waals surface area contributed by atoms with Gasteiger partial charge < -0.3 is 11.1 Å². The molecule has 6 nitrogen and oxygen atoms in total. The number of nitrogens with one attached hydrogen (secondary N) is 2. The van der Waals surface area contributed by atoms with E-state index in [1.807, 2.05) is 0 Å². The van der Waals surface area contributed by atoms with Gasteiger partial charge in [0.05, 0.1) is 6.04 Å². The van der Waals surface area contributed by atoms with Crippen LogP contribution >= 0.6 is 12.4 Å². The number of unbranched alkanes of at least 4 members (excludes halogenated alkanes) is 1. The lowest BCUT2D eigenvalue weighted by Gasteiger charge is -2.13. The number of carbonyl (C=O) groups excluding carboxylic acids is 1. The van der Waals surface area contributed by atoms with E-state index in [1.54, 1.807) is 0 Å². The van der Waals surface area contributed by atoms with Gasteiger partial charge in [-0.25, -0.2) is 9.78 Å². The molecule has 0 radical (unpaired) electrons. The number of halogens is 1. The van der Waals surface area contributed by atoms with Crippen molar-refractivity contribution in [3.8, 4) is 0 Å². The normalized spacial score (nSPS) is 11.5. The number of carbonyl (C=O) groups is 1. The largest absolute Gasteiger partial charge is 0.352 e. The van der Waals surface area contributed by atoms with Crippen LogP contribution < -0.4 is 11.1 Å². The molecule has 0 aliphatic carbocycles. The zero-order chi connectivity index (χ0) is 10.4. The van der Waals surface area contributed by atoms with E-state index in [9.17, 15) is 4.79 Å². The summed E-state index contributed by atoms with van der Waals surface area (Å²) in [5, 5.41) is 9.13. The number of H-pyrrole nitrogens is 1. The molecule has 1 unspecified atom stereocenters. The molecular formula is C8H16ClN5O. The number of aromatic nitrogens is 3. The van der Waals surface area contributed by atoms with E-state index < -0.39 is 6.03 Å². The summed E-state index contributed by atoms with van der Waals surface area (Å²) in [7, 11) is 0. The Morgan fingerprint density at radius 1 is 1.73 bits per heavy atom. The number of nitrogens with two attached hydrogens (primary N) is 1. The first-order valence-electron chi connectivity index (χ1n) is 4.65. The van der Waals surface area contributed by atoms with Crippen molar-refractivity contribution in [3.05, 3.63) is 12.2 Å². The van der Waals surface area contributed by atoms with Crippen LogP contribution in [0.1, 0.15) is 38.1 Å². The van der Waals surface area contributed by atoms with E-state index in [2.05, 4.69) is 27.4 Å². The Bertz CT molecular complexity index is 277. The van der Waals surface area contributed by atoms with Crippen LogP contribution in [0, 0.1) is 0 Å². The number of primary amides is 1. The van der Waals surface area contributed by atoms with E-state index in [-0.39, 0.29) is 18.4 Å². The van der Waals surface area contributed by atoms with Gasteiger partial charge >= 0.3 is 6.03 Å². The maximum Gasteiger partial charge on any atom is 0.312 e. The number of hydrogen-bond acceptors (Lipinski definition) is 3. The average molecular weight is 234 g/mol. The quantitative estimate of drug-likeness (QED) is 0.711. The molecule has 0 aliphatic rings. The lowest BCUT2D eigenvalue weighted by atomic mass is 10.1. The zero-order valence-electron chi connectivity index (χ0n) is 8.56. The van der Waals surface area contributed by atoms with Crippen LogP contribution in [0.15, 0.2) is 6.33 Å². The highest BCUT2D eigenvalue weighted by Crippen LogP contribution is 2.14. The Morgan fingerprint density at radius 2 is 2.47 bits per heavy atom. The van der Waals surface area contributed by atoms with Gasteiger partial charge in [0.1, 0.15) is 6.33 Å². The van der Waals surface area contributed by atoms with Crippen molar-refractivity contribution in [2.24, 2.45) is 5.73 Å². The maximum atomic E-state index is 10.7. The maximum absolute atomic E-state index is 10.7. The number of urea groups is 1. The molecule has 1 heterocycles. The predicted octanol–water partition coefficient (Wildman–Crippen LogP) is 1.13. The summed E-state index contributed by atoms with van der Waals surface area (Å²) in [6, 6.07) is -0.727. The third-order valence-corrected chi connectivity index (χ3v) is 1.91. The number of hydrogen-bond donors (Lipinski definition) is 3. The summed E-state index contributed by atoms with van der Waals surface area (Å²) >= 11 is 0. The van der Waals surface area contributed by atoms with E-state index in [0.717, 1.165) is 19.3 Å². The minimum Gasteiger partial charge on any atom is -0.352 e. The van der Waals surface area contributed by atoms with Crippen molar-refractivity contribution in [1.29, 1.82) is 0 Å². The first-order chi connectivity index (χ1) is 6.74. The number of amides is 2. The summed E-state index contributed by atoms with van der Waals surface area (Å²) in [5.74, 6) is 0.581. The molecule has 1 aromatic heterocycles. The van der Waals surface area contributed by atoms with Gasteiger partial charge in [0, 0.05) is 0 Å². The molecule has 1 atom stereocenters. The Hall–Kier alpha value is -1.30. The Morgan fingerprint density at radius 3 is 2.93 bits per heavy atom. The van der Waals surface area contributed by atoms with Crippen LogP contribution in [0.2, 0.25) is 0 Å². The van der Waals surface area contributed by atoms with Gasteiger partial charge in [0.25, 0.3) is 0 Å². The monoisotopic (exact) mass is 233 g/mol. The molecular weight excluding hydrogens is 218 g/mol. The molecule has 0 saturated carbocycles. The lowest BCUT2D eigenvalue weighted by molar-refractivity contribution is 0.243. The van der Waals surface area contributed by atoms with Crippen LogP contribution in [0.25, 0.3) is 0 Å². The molecule has 0 spiro atoms. The Balaban J connectivity index is 0.00000196. The number of nitrogens with zero attached hydrogens (tertiary/aromatic N) is 2. The summed E-state index contributed by atoms with van der Waals surface area (Å²) in [6.45, 7) is 2.08. The van der Waals surface area contributed by atoms with Crippen molar-refractivity contribution in [2.75, 3.05) is 0 Å². The minimum atomic E-state index is -0.545. The highest BCUT2D eigenvalue weighted by molar-refractivity contribution is 5.85. The third kappa shape index (κ3) is 4.64. The van der Waals surface area contributed by atoms with Crippen LogP contribution in [0.3, 0.4) is 0 Å². The highest BCUT2D eigenvalue weighted by atomic mass is 35.5. The van der Waals surface area contributed by atoms with Crippen LogP contribution in [0.5, 0.6) is 0 Å². The van der Waals surface area contributed by atoms with Crippen molar-refractivity contribution in [3.63, 3.8) is 0 Å². The highest BCUT2D eigenvalue weighted by Gasteiger charge is 2.15. The Kier molecular flexibility index (Phi) is 6.44. The van der Waals surface area contributed by atoms with Gasteiger partial charge in [-0.05, 0) is 6.42 Å². The van der Waals surface area contributed by atoms with Crippen molar-refractivity contribution in [2.45, 2.75) is 32.2 Å². The summed E-state index contributed by atoms with van der Waals surface area (Å²) in [5.41, 5.74) is 5.06. The van der Waals surface area contributed by atoms with Crippen LogP contribution in [-0.4, -0.2) is 21.2 Å². The minimum absolute atomic E-state index is 0. The van der Waals surface area contributed by atoms with Gasteiger partial charge in [-0.3, -0.25) is 5.10 Å². The van der Waals surface area contributed by atoms with Crippen molar-refractivity contribution >= 4 is 18.4 Å². The second kappa shape index (κ2) is 7.05. The van der Waals surface area contributed by atoms with Crippen molar-refractivity contribution in [1.82, 2.24) is 20.5 Å². The van der Waals surface area contributed by atoms with Gasteiger partial charge in [0.15, 0.2) is 5.82 Å². The van der Waals surface area contributed by atoms with Gasteiger partial charge in [-0.15, -0.1) is 12.4 Å². The van der Waals surface area contributed by atoms with Gasteiger partial charge in [-0.2, -0.15) is 5.10 Å². The van der Waals surface area contributed by atoms with E-state index in [0.29, 0.717) is 5.82 Å². The molecule has 1 aromatic rings. The molecule has 4 N–H and O–H groups in total. The molecule has 7 heteroatoms. The number of aromatic amines is 1. The summed E-state index contributed by atoms with van der Waals surface area (Å²) in [6.07, 6.45) is 4.34. The lowest BCUT2D eigenvalue weighted by Crippen LogP contribution is -2.33. The van der Waals surface area contributed by atoms with E-state index in [1.165, 1.54) is 6.33 Å². The second-order valence-electron chi connectivity index (χ2n) is 3.06. The van der Waals surface area contributed by atoms with Crippen LogP contribution in [-0.2, 0) is 0 Å². The summed E-state index contributed by atoms with van der Waals surface area (Å²) < 4.78 is 0. The van der Waals surface area contributed by atoms with E-state index in [4.69, 9.17) is 5.73 Å². The fraction of sp³-hybridized carbons (Fsp3) is 0.625. The van der Waals surface area contributed by atoms with Crippen LogP contribution in [0.4, 0.5) is 4.79 Å². The predicted molar refractivity (Wildman–Crippen MR) is 58.6 cm³/mol. The average Bonchev–Trinajstić information content (AvgIpc) is 2.64. The first-order valence-corrected chi connectivity index (χ1v) is 4.65. The fourth-order valence-corrected chi connectivity index (χ4v) is 1.23. The summed E-state index contributed by atoms with van der Waals surface area (Å²) in [4.78, 5) is 14.7.